The topological polar surface area (TPSA) is 12.9 Å². The standard InChI is InChI=1S/C12H19N/c1-4-6-11(5-2)12-9-10(3)7-8-13-12/h7-9,11H,4-6H2,1-3H3. The Kier molecular flexibility index (Phi) is 3.94. The van der Waals surface area contributed by atoms with E-state index in [0.29, 0.717) is 5.92 Å². The van der Waals surface area contributed by atoms with Crippen LogP contribution in [-0.2, 0) is 0 Å². The van der Waals surface area contributed by atoms with Gasteiger partial charge in [-0.3, -0.25) is 4.98 Å². The number of aromatic nitrogens is 1. The second-order valence-electron chi connectivity index (χ2n) is 3.65. The van der Waals surface area contributed by atoms with Gasteiger partial charge < -0.3 is 0 Å². The molecule has 0 amide bonds. The second kappa shape index (κ2) is 5.00. The Morgan fingerprint density at radius 1 is 1.38 bits per heavy atom. The van der Waals surface area contributed by atoms with Gasteiger partial charge in [-0.2, -0.15) is 0 Å². The summed E-state index contributed by atoms with van der Waals surface area (Å²) in [6, 6.07) is 4.27. The molecule has 0 fully saturated rings. The minimum Gasteiger partial charge on any atom is -0.261 e. The van der Waals surface area contributed by atoms with Crippen LogP contribution < -0.4 is 0 Å². The molecule has 1 nitrogen and oxygen atoms in total. The van der Waals surface area contributed by atoms with Crippen molar-refractivity contribution in [2.75, 3.05) is 0 Å². The third-order valence-electron chi connectivity index (χ3n) is 2.48. The maximum absolute atomic E-state index is 4.43. The molecule has 0 bridgehead atoms. The van der Waals surface area contributed by atoms with Crippen LogP contribution in [0, 0.1) is 6.92 Å². The summed E-state index contributed by atoms with van der Waals surface area (Å²) in [5, 5.41) is 0. The summed E-state index contributed by atoms with van der Waals surface area (Å²) < 4.78 is 0. The van der Waals surface area contributed by atoms with Crippen molar-refractivity contribution in [3.8, 4) is 0 Å². The first-order valence-corrected chi connectivity index (χ1v) is 5.20. The summed E-state index contributed by atoms with van der Waals surface area (Å²) >= 11 is 0. The van der Waals surface area contributed by atoms with Gasteiger partial charge in [0.15, 0.2) is 0 Å². The minimum atomic E-state index is 0.657. The van der Waals surface area contributed by atoms with Crippen LogP contribution in [0.25, 0.3) is 0 Å². The van der Waals surface area contributed by atoms with Gasteiger partial charge in [0.2, 0.25) is 0 Å². The molecule has 1 aromatic rings. The lowest BCUT2D eigenvalue weighted by Gasteiger charge is -2.13. The van der Waals surface area contributed by atoms with Gasteiger partial charge in [-0.25, -0.2) is 0 Å². The molecule has 72 valence electrons. The van der Waals surface area contributed by atoms with Crippen LogP contribution in [0.5, 0.6) is 0 Å². The Hall–Kier alpha value is -0.850. The molecule has 1 rings (SSSR count). The zero-order valence-corrected chi connectivity index (χ0v) is 8.88. The fourth-order valence-corrected chi connectivity index (χ4v) is 1.69. The summed E-state index contributed by atoms with van der Waals surface area (Å²) in [6.45, 7) is 6.60. The molecule has 1 heterocycles. The molecule has 0 aromatic carbocycles. The summed E-state index contributed by atoms with van der Waals surface area (Å²) in [6.07, 6.45) is 5.62. The van der Waals surface area contributed by atoms with Crippen LogP contribution >= 0.6 is 0 Å². The van der Waals surface area contributed by atoms with Crippen LogP contribution in [0.4, 0.5) is 0 Å². The summed E-state index contributed by atoms with van der Waals surface area (Å²) in [5.41, 5.74) is 2.59. The minimum absolute atomic E-state index is 0.657. The maximum atomic E-state index is 4.43. The quantitative estimate of drug-likeness (QED) is 0.683. The van der Waals surface area contributed by atoms with Gasteiger partial charge in [0, 0.05) is 17.8 Å². The molecule has 0 aliphatic carbocycles. The van der Waals surface area contributed by atoms with Crippen molar-refractivity contribution in [3.05, 3.63) is 29.6 Å². The van der Waals surface area contributed by atoms with Gasteiger partial charge in [-0.15, -0.1) is 0 Å². The number of hydrogen-bond acceptors (Lipinski definition) is 1. The van der Waals surface area contributed by atoms with Gasteiger partial charge in [-0.05, 0) is 37.5 Å². The van der Waals surface area contributed by atoms with Crippen LogP contribution in [-0.4, -0.2) is 4.98 Å². The molecule has 1 atom stereocenters. The number of rotatable bonds is 4. The first kappa shape index (κ1) is 10.2. The number of hydrogen-bond donors (Lipinski definition) is 0. The smallest absolute Gasteiger partial charge is 0.0437 e. The fourth-order valence-electron chi connectivity index (χ4n) is 1.69. The van der Waals surface area contributed by atoms with E-state index in [1.54, 1.807) is 0 Å². The van der Waals surface area contributed by atoms with Crippen LogP contribution in [0.1, 0.15) is 50.3 Å². The Morgan fingerprint density at radius 2 is 2.15 bits per heavy atom. The Morgan fingerprint density at radius 3 is 2.69 bits per heavy atom. The average molecular weight is 177 g/mol. The lowest BCUT2D eigenvalue weighted by Crippen LogP contribution is -1.99. The van der Waals surface area contributed by atoms with Gasteiger partial charge in [0.05, 0.1) is 0 Å². The third kappa shape index (κ3) is 2.83. The van der Waals surface area contributed by atoms with Gasteiger partial charge >= 0.3 is 0 Å². The fraction of sp³-hybridized carbons (Fsp3) is 0.583. The largest absolute Gasteiger partial charge is 0.261 e. The molecule has 13 heavy (non-hydrogen) atoms. The Balaban J connectivity index is 2.78. The molecule has 0 spiro atoms. The van der Waals surface area contributed by atoms with E-state index in [9.17, 15) is 0 Å². The van der Waals surface area contributed by atoms with E-state index >= 15 is 0 Å². The van der Waals surface area contributed by atoms with Crippen LogP contribution in [0.15, 0.2) is 18.3 Å². The highest BCUT2D eigenvalue weighted by atomic mass is 14.7. The third-order valence-corrected chi connectivity index (χ3v) is 2.48. The number of nitrogens with zero attached hydrogens (tertiary/aromatic N) is 1. The predicted molar refractivity (Wildman–Crippen MR) is 56.9 cm³/mol. The summed E-state index contributed by atoms with van der Waals surface area (Å²) in [5.74, 6) is 0.657. The molecule has 1 heteroatoms. The zero-order valence-electron chi connectivity index (χ0n) is 8.88. The van der Waals surface area contributed by atoms with Crippen LogP contribution in [0.3, 0.4) is 0 Å². The summed E-state index contributed by atoms with van der Waals surface area (Å²) in [7, 11) is 0. The second-order valence-corrected chi connectivity index (χ2v) is 3.65. The normalized spacial score (nSPS) is 12.8. The molecule has 0 aliphatic rings. The molecular formula is C12H19N. The van der Waals surface area contributed by atoms with Crippen molar-refractivity contribution in [2.24, 2.45) is 0 Å². The van der Waals surface area contributed by atoms with E-state index in [0.717, 1.165) is 0 Å². The molecule has 1 unspecified atom stereocenters. The SMILES string of the molecule is CCCC(CC)c1cc(C)ccn1. The molecule has 1 aromatic heterocycles. The monoisotopic (exact) mass is 177 g/mol. The van der Waals surface area contributed by atoms with E-state index in [-0.39, 0.29) is 0 Å². The molecule has 0 saturated heterocycles. The van der Waals surface area contributed by atoms with Crippen molar-refractivity contribution >= 4 is 0 Å². The number of pyridine rings is 1. The lowest BCUT2D eigenvalue weighted by molar-refractivity contribution is 0.581. The van der Waals surface area contributed by atoms with Gasteiger partial charge in [0.1, 0.15) is 0 Å². The number of aryl methyl sites for hydroxylation is 1. The molecule has 0 saturated carbocycles. The highest BCUT2D eigenvalue weighted by molar-refractivity contribution is 5.17. The molecule has 0 radical (unpaired) electrons. The predicted octanol–water partition coefficient (Wildman–Crippen LogP) is 3.68. The first-order valence-electron chi connectivity index (χ1n) is 5.20. The Labute approximate surface area is 81.2 Å². The van der Waals surface area contributed by atoms with E-state index in [4.69, 9.17) is 0 Å². The highest BCUT2D eigenvalue weighted by Crippen LogP contribution is 2.22. The van der Waals surface area contributed by atoms with E-state index < -0.39 is 0 Å². The summed E-state index contributed by atoms with van der Waals surface area (Å²) in [4.78, 5) is 4.43. The molecular weight excluding hydrogens is 158 g/mol. The van der Waals surface area contributed by atoms with Crippen molar-refractivity contribution in [3.63, 3.8) is 0 Å². The van der Waals surface area contributed by atoms with Gasteiger partial charge in [0.25, 0.3) is 0 Å². The van der Waals surface area contributed by atoms with Crippen molar-refractivity contribution in [1.29, 1.82) is 0 Å². The van der Waals surface area contributed by atoms with Crippen molar-refractivity contribution in [1.82, 2.24) is 4.98 Å². The van der Waals surface area contributed by atoms with Crippen LogP contribution in [0.2, 0.25) is 0 Å². The lowest BCUT2D eigenvalue weighted by atomic mass is 9.96. The van der Waals surface area contributed by atoms with Crippen molar-refractivity contribution < 1.29 is 0 Å². The first-order chi connectivity index (χ1) is 6.27. The van der Waals surface area contributed by atoms with E-state index in [2.05, 4.69) is 37.9 Å². The highest BCUT2D eigenvalue weighted by Gasteiger charge is 2.08. The molecule has 0 N–H and O–H groups in total. The van der Waals surface area contributed by atoms with Crippen molar-refractivity contribution in [2.45, 2.75) is 46.0 Å². The average Bonchev–Trinajstić information content (AvgIpc) is 2.14. The van der Waals surface area contributed by atoms with E-state index in [1.165, 1.54) is 30.5 Å². The van der Waals surface area contributed by atoms with Gasteiger partial charge in [-0.1, -0.05) is 20.3 Å². The van der Waals surface area contributed by atoms with E-state index in [1.807, 2.05) is 6.20 Å². The Bertz CT molecular complexity index is 255. The molecule has 0 aliphatic heterocycles. The zero-order chi connectivity index (χ0) is 9.68. The maximum Gasteiger partial charge on any atom is 0.0437 e.